The van der Waals surface area contributed by atoms with Crippen molar-refractivity contribution in [3.05, 3.63) is 0 Å². The highest BCUT2D eigenvalue weighted by Crippen LogP contribution is 2.40. The van der Waals surface area contributed by atoms with E-state index in [1.807, 2.05) is 0 Å². The molecule has 0 spiro atoms. The molecule has 6 saturated heterocycles. The molecule has 6 fully saturated rings. The fourth-order valence-corrected chi connectivity index (χ4v) is 10.4. The molecule has 36 nitrogen and oxygen atoms in total. The second kappa shape index (κ2) is 30.0. The Hall–Kier alpha value is -2.07. The predicted octanol–water partition coefficient (Wildman–Crippen LogP) is -11.9. The number of hydrogen-bond acceptors (Lipinski definition) is 32. The van der Waals surface area contributed by atoms with E-state index < -0.39 is 237 Å². The van der Waals surface area contributed by atoms with Crippen LogP contribution >= 0.6 is 7.82 Å². The second-order valence-corrected chi connectivity index (χ2v) is 21.3. The SMILES string of the molecule is CCC1O[C@H](O[C@H]2C(CO)O[C@@H](O[C@@H]3C(O)[C@@H](OCCCN)OC(CO)[C@H]3O)C(NC(C)=O)[C@H]2O[C@@H]2OC(CO)[C@@H](O)[C@H](O)C2O)C(O)[C@@H](O)[C@@H]1O[C@@H]1OC(CO)[C@H](O)[C@H](O[C@@H]2OC(COP(=O)(O)O)[C@@H](O)[C@H](O)C2O)C1NC(C)=O. The van der Waals surface area contributed by atoms with Gasteiger partial charge in [0.25, 0.3) is 0 Å². The minimum absolute atomic E-state index is 0.0625. The Morgan fingerprint density at radius 1 is 0.457 bits per heavy atom. The summed E-state index contributed by atoms with van der Waals surface area (Å²) in [4.78, 5) is 44.3. The van der Waals surface area contributed by atoms with Gasteiger partial charge in [0.1, 0.15) is 140 Å². The number of hydrogen-bond donors (Lipinski definition) is 20. The first kappa shape index (κ1) is 68.0. The zero-order valence-electron chi connectivity index (χ0n) is 43.8. The van der Waals surface area contributed by atoms with Crippen LogP contribution in [0.25, 0.3) is 0 Å². The number of phosphoric ester groups is 1. The molecule has 12 unspecified atom stereocenters. The van der Waals surface area contributed by atoms with E-state index in [1.54, 1.807) is 0 Å². The third-order valence-corrected chi connectivity index (χ3v) is 14.8. The van der Waals surface area contributed by atoms with Crippen molar-refractivity contribution in [1.29, 1.82) is 0 Å². The van der Waals surface area contributed by atoms with Crippen LogP contribution in [0.15, 0.2) is 0 Å². The molecule has 6 aliphatic heterocycles. The molecular formula is C44H78N3O33P. The Kier molecular flexibility index (Phi) is 25.2. The molecule has 6 heterocycles. The molecule has 472 valence electrons. The van der Waals surface area contributed by atoms with Gasteiger partial charge in [-0.3, -0.25) is 14.1 Å². The third kappa shape index (κ3) is 16.1. The van der Waals surface area contributed by atoms with Crippen molar-refractivity contribution in [1.82, 2.24) is 10.6 Å². The zero-order chi connectivity index (χ0) is 59.9. The van der Waals surface area contributed by atoms with Crippen molar-refractivity contribution in [2.75, 3.05) is 46.2 Å². The number of aliphatic hydroxyl groups excluding tert-OH is 15. The van der Waals surface area contributed by atoms with Crippen LogP contribution in [0, 0.1) is 0 Å². The normalized spacial score (nSPS) is 46.2. The molecule has 81 heavy (non-hydrogen) atoms. The summed E-state index contributed by atoms with van der Waals surface area (Å²) in [6.07, 6.45) is -52.9. The van der Waals surface area contributed by atoms with Gasteiger partial charge in [-0.1, -0.05) is 6.92 Å². The van der Waals surface area contributed by atoms with Crippen molar-refractivity contribution < 1.29 is 162 Å². The first-order valence-electron chi connectivity index (χ1n) is 25.9. The number of nitrogens with two attached hydrogens (primary N) is 1. The number of ether oxygens (including phenoxy) is 12. The van der Waals surface area contributed by atoms with E-state index in [0.29, 0.717) is 0 Å². The Bertz CT molecular complexity index is 2010. The first-order valence-corrected chi connectivity index (χ1v) is 27.4. The predicted molar refractivity (Wildman–Crippen MR) is 254 cm³/mol. The lowest BCUT2D eigenvalue weighted by Crippen LogP contribution is -2.71. The van der Waals surface area contributed by atoms with Gasteiger partial charge in [0, 0.05) is 13.8 Å². The van der Waals surface area contributed by atoms with E-state index in [-0.39, 0.29) is 26.0 Å². The molecule has 0 saturated carbocycles. The maximum atomic E-state index is 13.1. The average Bonchev–Trinajstić information content (AvgIpc) is 3.46. The van der Waals surface area contributed by atoms with Crippen LogP contribution in [0.5, 0.6) is 0 Å². The Morgan fingerprint density at radius 3 is 1.36 bits per heavy atom. The highest BCUT2D eigenvalue weighted by molar-refractivity contribution is 7.46. The van der Waals surface area contributed by atoms with Crippen LogP contribution in [-0.4, -0.2) is 328 Å². The van der Waals surface area contributed by atoms with Crippen molar-refractivity contribution in [2.45, 2.75) is 218 Å². The topological polar surface area (TPSA) is 565 Å². The van der Waals surface area contributed by atoms with Gasteiger partial charge in [-0.25, -0.2) is 4.57 Å². The highest BCUT2D eigenvalue weighted by Gasteiger charge is 2.59. The van der Waals surface area contributed by atoms with E-state index >= 15 is 0 Å². The van der Waals surface area contributed by atoms with Crippen LogP contribution in [0.4, 0.5) is 0 Å². The average molecular weight is 1210 g/mol. The summed E-state index contributed by atoms with van der Waals surface area (Å²) in [7, 11) is -5.19. The molecule has 0 aromatic heterocycles. The summed E-state index contributed by atoms with van der Waals surface area (Å²) < 4.78 is 86.9. The number of amides is 2. The summed E-state index contributed by atoms with van der Waals surface area (Å²) in [5, 5.41) is 169. The Labute approximate surface area is 461 Å². The standard InChI is InChI=1S/C44H78N3O33P/c1-4-15-34(76-39-21(46-13(2)52)36(25(56)17(9-49)71-39)78-43-31(62)28(59)24(55)20(75-43)12-69-81(65,66)67)29(60)32(63)44(70-15)77-35-19(11-51)74-40(80-38-26(57)18(10-50)72-41(33(38)64)68-7-5-6-45)22(47-14(3)53)37(35)79-42-30(61)27(58)23(54)16(8-48)73-42/h15-44,48-51,54-64H,4-12,45H2,1-3H3,(H,46,52)(H,47,53)(H2,65,66,67)/t15?,16?,17?,18?,19?,20?,21?,22?,23-,24-,25+,26-,27+,28+,29-,30?,31?,32?,33?,34-,35+,36-,37-,38+,39+,40+,41+,42+,43+,44-/m1/s1. The molecular weight excluding hydrogens is 1130 g/mol. The van der Waals surface area contributed by atoms with Crippen molar-refractivity contribution in [3.63, 3.8) is 0 Å². The fourth-order valence-electron chi connectivity index (χ4n) is 10.1. The van der Waals surface area contributed by atoms with E-state index in [2.05, 4.69) is 15.2 Å². The summed E-state index contributed by atoms with van der Waals surface area (Å²) in [6, 6.07) is -3.52. The maximum Gasteiger partial charge on any atom is 0.469 e. The number of rotatable bonds is 24. The van der Waals surface area contributed by atoms with Gasteiger partial charge in [-0.05, 0) is 19.4 Å². The summed E-state index contributed by atoms with van der Waals surface area (Å²) >= 11 is 0. The molecule has 6 aliphatic rings. The molecule has 37 heteroatoms. The van der Waals surface area contributed by atoms with Crippen molar-refractivity contribution in [3.8, 4) is 0 Å². The number of carbonyl (C=O) groups excluding carboxylic acids is 2. The van der Waals surface area contributed by atoms with Gasteiger partial charge in [-0.2, -0.15) is 0 Å². The third-order valence-electron chi connectivity index (χ3n) is 14.3. The summed E-state index contributed by atoms with van der Waals surface area (Å²) in [5.74, 6) is -1.71. The minimum Gasteiger partial charge on any atom is -0.394 e. The van der Waals surface area contributed by atoms with Gasteiger partial charge in [0.05, 0.1) is 45.7 Å². The lowest BCUT2D eigenvalue weighted by Gasteiger charge is -2.52. The monoisotopic (exact) mass is 1210 g/mol. The highest BCUT2D eigenvalue weighted by atomic mass is 31.2. The van der Waals surface area contributed by atoms with Crippen molar-refractivity contribution in [2.24, 2.45) is 5.73 Å². The van der Waals surface area contributed by atoms with Gasteiger partial charge in [0.15, 0.2) is 37.7 Å². The van der Waals surface area contributed by atoms with E-state index in [4.69, 9.17) is 62.6 Å². The fraction of sp³-hybridized carbons (Fsp3) is 0.955. The lowest BCUT2D eigenvalue weighted by atomic mass is 9.93. The molecule has 21 N–H and O–H groups in total. The first-order chi connectivity index (χ1) is 38.2. The summed E-state index contributed by atoms with van der Waals surface area (Å²) in [6.45, 7) is -1.28. The van der Waals surface area contributed by atoms with Crippen LogP contribution in [-0.2, 0) is 75.5 Å². The van der Waals surface area contributed by atoms with Crippen LogP contribution in [0.1, 0.15) is 33.6 Å². The van der Waals surface area contributed by atoms with Gasteiger partial charge in [-0.15, -0.1) is 0 Å². The molecule has 0 bridgehead atoms. The zero-order valence-corrected chi connectivity index (χ0v) is 44.7. The smallest absolute Gasteiger partial charge is 0.394 e. The lowest BCUT2D eigenvalue weighted by molar-refractivity contribution is -0.392. The van der Waals surface area contributed by atoms with Crippen LogP contribution in [0.3, 0.4) is 0 Å². The van der Waals surface area contributed by atoms with Gasteiger partial charge < -0.3 is 160 Å². The summed E-state index contributed by atoms with van der Waals surface area (Å²) in [5.41, 5.74) is 5.57. The largest absolute Gasteiger partial charge is 0.469 e. The molecule has 0 aliphatic carbocycles. The van der Waals surface area contributed by atoms with Gasteiger partial charge in [0.2, 0.25) is 11.8 Å². The molecule has 2 amide bonds. The van der Waals surface area contributed by atoms with E-state index in [1.165, 1.54) is 6.92 Å². The van der Waals surface area contributed by atoms with Crippen molar-refractivity contribution >= 4 is 19.6 Å². The number of aliphatic hydroxyl groups is 15. The molecule has 0 aromatic rings. The molecule has 30 atom stereocenters. The molecule has 0 aromatic carbocycles. The number of phosphoric acid groups is 1. The number of carbonyl (C=O) groups is 2. The Balaban J connectivity index is 1.30. The van der Waals surface area contributed by atoms with E-state index in [0.717, 1.165) is 13.8 Å². The number of nitrogens with one attached hydrogen (secondary N) is 2. The van der Waals surface area contributed by atoms with Crippen LogP contribution in [0.2, 0.25) is 0 Å². The molecule has 0 radical (unpaired) electrons. The van der Waals surface area contributed by atoms with E-state index in [9.17, 15) is 101 Å². The second-order valence-electron chi connectivity index (χ2n) is 20.0. The van der Waals surface area contributed by atoms with Crippen LogP contribution < -0.4 is 16.4 Å². The van der Waals surface area contributed by atoms with Gasteiger partial charge >= 0.3 is 7.82 Å². The quantitative estimate of drug-likeness (QED) is 0.0315. The maximum absolute atomic E-state index is 13.1. The molecule has 6 rings (SSSR count). The minimum atomic E-state index is -5.19. The Morgan fingerprint density at radius 2 is 0.852 bits per heavy atom.